The number of benzene rings is 1. The van der Waals surface area contributed by atoms with Crippen LogP contribution in [0.5, 0.6) is 0 Å². The summed E-state index contributed by atoms with van der Waals surface area (Å²) in [6, 6.07) is 4.94. The molecule has 7 heteroatoms. The van der Waals surface area contributed by atoms with Gasteiger partial charge in [0.15, 0.2) is 0 Å². The third-order valence-corrected chi connectivity index (χ3v) is 2.97. The van der Waals surface area contributed by atoms with Crippen molar-refractivity contribution < 1.29 is 17.6 Å². The van der Waals surface area contributed by atoms with E-state index in [4.69, 9.17) is 0 Å². The van der Waals surface area contributed by atoms with Gasteiger partial charge in [-0.2, -0.15) is 8.78 Å². The first-order valence-corrected chi connectivity index (χ1v) is 6.55. The molecule has 0 amide bonds. The zero-order valence-corrected chi connectivity index (χ0v) is 11.6. The molecule has 21 heavy (non-hydrogen) atoms. The highest BCUT2D eigenvalue weighted by molar-refractivity contribution is 5.89. The Hall–Kier alpha value is -1.92. The summed E-state index contributed by atoms with van der Waals surface area (Å²) in [5, 5.41) is 3.43. The zero-order chi connectivity index (χ0) is 15.6. The maximum Gasteiger partial charge on any atom is 0.365 e. The minimum atomic E-state index is -4.37. The summed E-state index contributed by atoms with van der Waals surface area (Å²) >= 11 is 0. The molecule has 0 aliphatic carbocycles. The monoisotopic (exact) mass is 301 g/mol. The number of fused-ring (bicyclic) bond motifs is 1. The Bertz CT molecular complexity index is 643. The van der Waals surface area contributed by atoms with E-state index in [0.717, 1.165) is 12.0 Å². The maximum atomic E-state index is 13.5. The lowest BCUT2D eigenvalue weighted by atomic mass is 10.1. The lowest BCUT2D eigenvalue weighted by Crippen LogP contribution is -2.27. The lowest BCUT2D eigenvalue weighted by Gasteiger charge is -2.16. The predicted molar refractivity (Wildman–Crippen MR) is 73.0 cm³/mol. The second kappa shape index (κ2) is 5.83. The van der Waals surface area contributed by atoms with Crippen LogP contribution in [-0.4, -0.2) is 22.9 Å². The molecule has 1 aromatic heterocycles. The van der Waals surface area contributed by atoms with E-state index in [9.17, 15) is 17.6 Å². The molecule has 0 saturated heterocycles. The molecule has 1 aromatic carbocycles. The van der Waals surface area contributed by atoms with Crippen molar-refractivity contribution in [1.29, 1.82) is 0 Å². The van der Waals surface area contributed by atoms with Gasteiger partial charge in [0.05, 0.1) is 5.52 Å². The van der Waals surface area contributed by atoms with Crippen molar-refractivity contribution in [2.24, 2.45) is 0 Å². The molecule has 0 fully saturated rings. The van der Waals surface area contributed by atoms with Gasteiger partial charge in [0.1, 0.15) is 5.82 Å². The highest BCUT2D eigenvalue weighted by Crippen LogP contribution is 2.34. The van der Waals surface area contributed by atoms with Gasteiger partial charge in [-0.3, -0.25) is 0 Å². The fourth-order valence-electron chi connectivity index (χ4n) is 1.87. The second-order valence-corrected chi connectivity index (χ2v) is 4.77. The van der Waals surface area contributed by atoms with E-state index in [-0.39, 0.29) is 11.3 Å². The number of alkyl halides is 4. The molecule has 0 saturated carbocycles. The van der Waals surface area contributed by atoms with E-state index in [2.05, 4.69) is 15.3 Å². The van der Waals surface area contributed by atoms with Gasteiger partial charge in [-0.15, -0.1) is 0 Å². The average Bonchev–Trinajstić information content (AvgIpc) is 2.44. The van der Waals surface area contributed by atoms with Gasteiger partial charge >= 0.3 is 12.3 Å². The van der Waals surface area contributed by atoms with Crippen LogP contribution >= 0.6 is 0 Å². The molecule has 0 radical (unpaired) electrons. The number of halogens is 4. The van der Waals surface area contributed by atoms with Crippen molar-refractivity contribution in [2.45, 2.75) is 32.6 Å². The minimum Gasteiger partial charge on any atom is -0.369 e. The Labute approximate surface area is 119 Å². The molecule has 0 atom stereocenters. The Kier molecular flexibility index (Phi) is 4.29. The van der Waals surface area contributed by atoms with Gasteiger partial charge in [-0.05, 0) is 25.5 Å². The molecule has 2 aromatic rings. The lowest BCUT2D eigenvalue weighted by molar-refractivity contribution is -0.140. The van der Waals surface area contributed by atoms with Crippen molar-refractivity contribution in [2.75, 3.05) is 11.9 Å². The molecular weight excluding hydrogens is 286 g/mol. The minimum absolute atomic E-state index is 0.154. The Morgan fingerprint density at radius 3 is 2.57 bits per heavy atom. The molecule has 114 valence electrons. The van der Waals surface area contributed by atoms with Gasteiger partial charge in [0.2, 0.25) is 5.82 Å². The molecule has 0 spiro atoms. The van der Waals surface area contributed by atoms with Crippen LogP contribution in [0.25, 0.3) is 10.9 Å². The summed E-state index contributed by atoms with van der Waals surface area (Å²) in [4.78, 5) is 7.22. The van der Waals surface area contributed by atoms with Gasteiger partial charge < -0.3 is 5.32 Å². The largest absolute Gasteiger partial charge is 0.369 e. The van der Waals surface area contributed by atoms with Crippen molar-refractivity contribution in [3.05, 3.63) is 29.6 Å². The van der Waals surface area contributed by atoms with Crippen LogP contribution in [0, 0.1) is 6.92 Å². The second-order valence-electron chi connectivity index (χ2n) is 4.77. The normalized spacial score (nSPS) is 12.1. The first-order chi connectivity index (χ1) is 9.86. The number of aryl methyl sites for hydroxylation is 1. The topological polar surface area (TPSA) is 37.8 Å². The third kappa shape index (κ3) is 3.06. The number of nitrogens with zero attached hydrogens (tertiary/aromatic N) is 2. The molecule has 0 aliphatic heterocycles. The van der Waals surface area contributed by atoms with E-state index in [1.54, 1.807) is 12.1 Å². The zero-order valence-electron chi connectivity index (χ0n) is 11.6. The third-order valence-electron chi connectivity index (χ3n) is 2.97. The predicted octanol–water partition coefficient (Wildman–Crippen LogP) is 4.12. The first kappa shape index (κ1) is 15.5. The average molecular weight is 301 g/mol. The van der Waals surface area contributed by atoms with Crippen LogP contribution < -0.4 is 5.32 Å². The van der Waals surface area contributed by atoms with Crippen molar-refractivity contribution in [1.82, 2.24) is 9.97 Å². The molecule has 1 N–H and O–H groups in total. The number of nitrogens with one attached hydrogen (secondary N) is 1. The number of anilines is 1. The van der Waals surface area contributed by atoms with E-state index in [1.165, 1.54) is 6.07 Å². The highest BCUT2D eigenvalue weighted by Gasteiger charge is 2.46. The molecule has 1 heterocycles. The van der Waals surface area contributed by atoms with Crippen LogP contribution in [0.15, 0.2) is 18.2 Å². The number of hydrogen-bond donors (Lipinski definition) is 1. The van der Waals surface area contributed by atoms with Crippen LogP contribution in [0.2, 0.25) is 0 Å². The molecular formula is C14H15F4N3. The Balaban J connectivity index is 2.62. The Morgan fingerprint density at radius 1 is 1.24 bits per heavy atom. The summed E-state index contributed by atoms with van der Waals surface area (Å²) in [7, 11) is 0. The van der Waals surface area contributed by atoms with E-state index < -0.39 is 18.2 Å². The first-order valence-electron chi connectivity index (χ1n) is 6.55. The maximum absolute atomic E-state index is 13.5. The number of rotatable bonds is 5. The van der Waals surface area contributed by atoms with Gasteiger partial charge in [-0.25, -0.2) is 18.7 Å². The summed E-state index contributed by atoms with van der Waals surface area (Å²) in [5.74, 6) is -5.38. The molecule has 3 nitrogen and oxygen atoms in total. The molecule has 0 bridgehead atoms. The summed E-state index contributed by atoms with van der Waals surface area (Å²) in [5.41, 5.74) is 1.11. The number of hydrogen-bond acceptors (Lipinski definition) is 3. The fraction of sp³-hybridized carbons (Fsp3) is 0.429. The van der Waals surface area contributed by atoms with Gasteiger partial charge in [-0.1, -0.05) is 18.6 Å². The van der Waals surface area contributed by atoms with Crippen LogP contribution in [0.4, 0.5) is 23.4 Å². The van der Waals surface area contributed by atoms with Gasteiger partial charge in [0, 0.05) is 11.9 Å². The number of aromatic nitrogens is 2. The smallest absolute Gasteiger partial charge is 0.365 e. The van der Waals surface area contributed by atoms with Crippen LogP contribution in [0.3, 0.4) is 0 Å². The Morgan fingerprint density at radius 2 is 1.95 bits per heavy atom. The van der Waals surface area contributed by atoms with Crippen molar-refractivity contribution in [3.63, 3.8) is 0 Å². The van der Waals surface area contributed by atoms with E-state index >= 15 is 0 Å². The van der Waals surface area contributed by atoms with Crippen molar-refractivity contribution >= 4 is 16.7 Å². The summed E-state index contributed by atoms with van der Waals surface area (Å²) in [6.45, 7) is 4.24. The SMILES string of the molecule is CCCNc1nc(C(F)(F)C(F)F)nc2ccc(C)cc12. The summed E-state index contributed by atoms with van der Waals surface area (Å²) < 4.78 is 52.0. The fourth-order valence-corrected chi connectivity index (χ4v) is 1.87. The molecule has 2 rings (SSSR count). The molecule has 0 aliphatic rings. The van der Waals surface area contributed by atoms with Crippen LogP contribution in [-0.2, 0) is 5.92 Å². The van der Waals surface area contributed by atoms with E-state index in [0.29, 0.717) is 11.9 Å². The quantitative estimate of drug-likeness (QED) is 0.844. The van der Waals surface area contributed by atoms with E-state index in [1.807, 2.05) is 13.8 Å². The molecule has 0 unspecified atom stereocenters. The van der Waals surface area contributed by atoms with Crippen LogP contribution in [0.1, 0.15) is 24.7 Å². The summed E-state index contributed by atoms with van der Waals surface area (Å²) in [6.07, 6.45) is -3.10. The standard InChI is InChI=1S/C14H15F4N3/c1-3-6-19-11-9-7-8(2)4-5-10(9)20-13(21-11)14(17,18)12(15)16/h4-5,7,12H,3,6H2,1-2H3,(H,19,20,21). The van der Waals surface area contributed by atoms with Gasteiger partial charge in [0.25, 0.3) is 0 Å². The highest BCUT2D eigenvalue weighted by atomic mass is 19.3. The van der Waals surface area contributed by atoms with Crippen molar-refractivity contribution in [3.8, 4) is 0 Å².